The van der Waals surface area contributed by atoms with E-state index in [2.05, 4.69) is 18.9 Å². The smallest absolute Gasteiger partial charge is 0.140 e. The van der Waals surface area contributed by atoms with E-state index in [4.69, 9.17) is 4.42 Å². The van der Waals surface area contributed by atoms with Gasteiger partial charge in [-0.3, -0.25) is 4.68 Å². The monoisotopic (exact) mass is 260 g/mol. The average molecular weight is 260 g/mol. The van der Waals surface area contributed by atoms with Crippen LogP contribution >= 0.6 is 0 Å². The van der Waals surface area contributed by atoms with Gasteiger partial charge in [0.15, 0.2) is 0 Å². The summed E-state index contributed by atoms with van der Waals surface area (Å²) in [7, 11) is 0. The molecule has 0 spiro atoms. The molecule has 3 rings (SSSR count). The van der Waals surface area contributed by atoms with Crippen LogP contribution in [0.25, 0.3) is 0 Å². The van der Waals surface area contributed by atoms with Gasteiger partial charge in [0.05, 0.1) is 6.20 Å². The average Bonchev–Trinajstić information content (AvgIpc) is 2.88. The van der Waals surface area contributed by atoms with Crippen molar-refractivity contribution in [1.29, 1.82) is 0 Å². The molecule has 2 aromatic rings. The summed E-state index contributed by atoms with van der Waals surface area (Å²) in [5.41, 5.74) is 0.790. The number of aliphatic hydroxyl groups is 1. The number of rotatable bonds is 5. The second-order valence-electron chi connectivity index (χ2n) is 5.50. The van der Waals surface area contributed by atoms with Crippen LogP contribution in [0, 0.1) is 5.92 Å². The number of hydrogen-bond acceptors (Lipinski definition) is 3. The maximum absolute atomic E-state index is 10.3. The summed E-state index contributed by atoms with van der Waals surface area (Å²) in [6, 6.07) is 3.87. The van der Waals surface area contributed by atoms with Crippen LogP contribution < -0.4 is 0 Å². The molecule has 3 unspecified atom stereocenters. The Balaban J connectivity index is 1.74. The highest BCUT2D eigenvalue weighted by molar-refractivity contribution is 5.24. The van der Waals surface area contributed by atoms with Gasteiger partial charge in [0.2, 0.25) is 0 Å². The van der Waals surface area contributed by atoms with Gasteiger partial charge in [0.1, 0.15) is 17.6 Å². The van der Waals surface area contributed by atoms with Gasteiger partial charge in [-0.25, -0.2) is 0 Å². The normalized spacial score (nSPS) is 23.5. The minimum Gasteiger partial charge on any atom is -0.463 e. The van der Waals surface area contributed by atoms with E-state index in [0.29, 0.717) is 17.6 Å². The molecule has 0 aliphatic heterocycles. The summed E-state index contributed by atoms with van der Waals surface area (Å²) < 4.78 is 7.63. The minimum absolute atomic E-state index is 0.545. The van der Waals surface area contributed by atoms with Gasteiger partial charge >= 0.3 is 0 Å². The second kappa shape index (κ2) is 4.85. The van der Waals surface area contributed by atoms with Crippen molar-refractivity contribution >= 4 is 0 Å². The molecule has 2 aromatic heterocycles. The van der Waals surface area contributed by atoms with Gasteiger partial charge in [0.25, 0.3) is 0 Å². The standard InChI is InChI=1S/C15H20N2O2/c1-3-6-17-9-11(8-16-17)15(18)14-5-4-13(19-14)12-7-10(12)2/h4-5,8-10,12,15,18H,3,6-7H2,1-2H3. The molecule has 2 heterocycles. The molecular formula is C15H20N2O2. The molecule has 1 fully saturated rings. The fourth-order valence-corrected chi connectivity index (χ4v) is 2.47. The SMILES string of the molecule is CCCn1cc(C(O)c2ccc(C3CC3C)o2)cn1. The van der Waals surface area contributed by atoms with Crippen LogP contribution in [0.4, 0.5) is 0 Å². The summed E-state index contributed by atoms with van der Waals surface area (Å²) in [5, 5.41) is 14.5. The predicted octanol–water partition coefficient (Wildman–Crippen LogP) is 3.09. The van der Waals surface area contributed by atoms with Crippen LogP contribution in [0.1, 0.15) is 55.8 Å². The van der Waals surface area contributed by atoms with Crippen molar-refractivity contribution in [3.8, 4) is 0 Å². The van der Waals surface area contributed by atoms with Crippen molar-refractivity contribution in [2.24, 2.45) is 5.92 Å². The molecule has 0 radical (unpaired) electrons. The highest BCUT2D eigenvalue weighted by Crippen LogP contribution is 2.47. The molecule has 3 atom stereocenters. The molecule has 1 N–H and O–H groups in total. The van der Waals surface area contributed by atoms with Gasteiger partial charge in [-0.05, 0) is 30.9 Å². The number of aliphatic hydroxyl groups excluding tert-OH is 1. The van der Waals surface area contributed by atoms with Crippen molar-refractivity contribution in [3.63, 3.8) is 0 Å². The number of aromatic nitrogens is 2. The highest BCUT2D eigenvalue weighted by atomic mass is 16.4. The molecule has 0 amide bonds. The topological polar surface area (TPSA) is 51.2 Å². The summed E-state index contributed by atoms with van der Waals surface area (Å²) >= 11 is 0. The van der Waals surface area contributed by atoms with Gasteiger partial charge in [-0.2, -0.15) is 5.10 Å². The van der Waals surface area contributed by atoms with E-state index in [0.717, 1.165) is 24.3 Å². The first kappa shape index (κ1) is 12.5. The maximum Gasteiger partial charge on any atom is 0.140 e. The lowest BCUT2D eigenvalue weighted by Gasteiger charge is -2.04. The minimum atomic E-state index is -0.714. The lowest BCUT2D eigenvalue weighted by molar-refractivity contribution is 0.186. The van der Waals surface area contributed by atoms with Gasteiger partial charge in [-0.1, -0.05) is 13.8 Å². The molecule has 102 valence electrons. The summed E-state index contributed by atoms with van der Waals surface area (Å²) in [6.45, 7) is 5.20. The third kappa shape index (κ3) is 2.45. The third-order valence-electron chi connectivity index (χ3n) is 3.81. The van der Waals surface area contributed by atoms with Crippen LogP contribution in [-0.2, 0) is 6.54 Å². The Morgan fingerprint density at radius 3 is 3.00 bits per heavy atom. The van der Waals surface area contributed by atoms with Crippen LogP contribution in [-0.4, -0.2) is 14.9 Å². The van der Waals surface area contributed by atoms with Crippen LogP contribution in [0.5, 0.6) is 0 Å². The first-order valence-electron chi connectivity index (χ1n) is 6.99. The van der Waals surface area contributed by atoms with Crippen molar-refractivity contribution in [1.82, 2.24) is 9.78 Å². The summed E-state index contributed by atoms with van der Waals surface area (Å²) in [5.74, 6) is 2.87. The van der Waals surface area contributed by atoms with Crippen LogP contribution in [0.2, 0.25) is 0 Å². The lowest BCUT2D eigenvalue weighted by Crippen LogP contribution is -1.98. The first-order valence-corrected chi connectivity index (χ1v) is 6.99. The van der Waals surface area contributed by atoms with E-state index in [1.165, 1.54) is 6.42 Å². The van der Waals surface area contributed by atoms with E-state index in [1.54, 1.807) is 6.20 Å². The number of nitrogens with zero attached hydrogens (tertiary/aromatic N) is 2. The van der Waals surface area contributed by atoms with Gasteiger partial charge in [0, 0.05) is 24.2 Å². The molecule has 0 aromatic carbocycles. The molecule has 0 bridgehead atoms. The zero-order chi connectivity index (χ0) is 13.4. The van der Waals surface area contributed by atoms with Crippen molar-refractivity contribution in [2.75, 3.05) is 0 Å². The Labute approximate surface area is 113 Å². The first-order chi connectivity index (χ1) is 9.19. The third-order valence-corrected chi connectivity index (χ3v) is 3.81. The summed E-state index contributed by atoms with van der Waals surface area (Å²) in [4.78, 5) is 0. The largest absolute Gasteiger partial charge is 0.463 e. The molecule has 1 aliphatic rings. The van der Waals surface area contributed by atoms with Crippen LogP contribution in [0.3, 0.4) is 0 Å². The van der Waals surface area contributed by atoms with Gasteiger partial charge in [-0.15, -0.1) is 0 Å². The number of aryl methyl sites for hydroxylation is 1. The van der Waals surface area contributed by atoms with Gasteiger partial charge < -0.3 is 9.52 Å². The molecule has 4 heteroatoms. The van der Waals surface area contributed by atoms with E-state index in [9.17, 15) is 5.11 Å². The van der Waals surface area contributed by atoms with E-state index in [1.807, 2.05) is 23.0 Å². The maximum atomic E-state index is 10.3. The second-order valence-corrected chi connectivity index (χ2v) is 5.50. The van der Waals surface area contributed by atoms with E-state index in [-0.39, 0.29) is 0 Å². The molecular weight excluding hydrogens is 240 g/mol. The molecule has 1 saturated carbocycles. The van der Waals surface area contributed by atoms with Crippen molar-refractivity contribution in [2.45, 2.75) is 45.3 Å². The Morgan fingerprint density at radius 1 is 1.53 bits per heavy atom. The number of hydrogen-bond donors (Lipinski definition) is 1. The Morgan fingerprint density at radius 2 is 2.32 bits per heavy atom. The lowest BCUT2D eigenvalue weighted by atomic mass is 10.1. The highest BCUT2D eigenvalue weighted by Gasteiger charge is 2.37. The molecule has 19 heavy (non-hydrogen) atoms. The fourth-order valence-electron chi connectivity index (χ4n) is 2.47. The Bertz CT molecular complexity index is 558. The van der Waals surface area contributed by atoms with E-state index < -0.39 is 6.10 Å². The summed E-state index contributed by atoms with van der Waals surface area (Å²) in [6.07, 6.45) is 5.10. The van der Waals surface area contributed by atoms with Crippen molar-refractivity contribution in [3.05, 3.63) is 41.6 Å². The Kier molecular flexibility index (Phi) is 3.19. The molecule has 4 nitrogen and oxygen atoms in total. The predicted molar refractivity (Wildman–Crippen MR) is 71.8 cm³/mol. The molecule has 1 aliphatic carbocycles. The zero-order valence-corrected chi connectivity index (χ0v) is 11.4. The zero-order valence-electron chi connectivity index (χ0n) is 11.4. The number of furan rings is 1. The molecule has 0 saturated heterocycles. The van der Waals surface area contributed by atoms with Crippen LogP contribution in [0.15, 0.2) is 28.9 Å². The Hall–Kier alpha value is -1.55. The quantitative estimate of drug-likeness (QED) is 0.898. The fraction of sp³-hybridized carbons (Fsp3) is 0.533. The van der Waals surface area contributed by atoms with E-state index >= 15 is 0 Å². The van der Waals surface area contributed by atoms with Crippen molar-refractivity contribution < 1.29 is 9.52 Å².